The molecule has 0 aromatic carbocycles. The van der Waals surface area contributed by atoms with E-state index in [1.807, 2.05) is 0 Å². The number of aliphatic hydroxyl groups is 7. The fraction of sp³-hybridized carbons (Fsp3) is 0.889. The number of aliphatic hydroxyl groups excluding tert-OH is 7. The van der Waals surface area contributed by atoms with E-state index in [9.17, 15) is 45.3 Å². The number of allylic oxidation sites excluding steroid dienone is 4. The summed E-state index contributed by atoms with van der Waals surface area (Å²) in [6.07, 6.45) is 26.3. The van der Waals surface area contributed by atoms with Crippen LogP contribution in [0.25, 0.3) is 0 Å². The van der Waals surface area contributed by atoms with E-state index in [2.05, 4.69) is 38.2 Å². The standard InChI is InChI=1S/C54H98O15/c1-3-5-7-9-11-13-15-17-18-19-20-21-22-23-24-25-27-29-31-33-35-37-46(57)67-42(39-64-45(56)36-34-32-30-28-26-16-14-12-10-8-6-4-2)40-65-53-52(63)50(61)48(59)44(69-53)41-66-54-51(62)49(60)47(58)43(38-55)68-54/h15,17,19-20,42-44,47-55,58-63H,3-14,16,18,21-41H2,1-2H3/b17-15-,20-19-. The van der Waals surface area contributed by atoms with Gasteiger partial charge >= 0.3 is 11.9 Å². The van der Waals surface area contributed by atoms with Gasteiger partial charge in [-0.3, -0.25) is 9.59 Å². The van der Waals surface area contributed by atoms with Gasteiger partial charge < -0.3 is 64.2 Å². The SMILES string of the molecule is CCCCCCC/C=C\C/C=C\CCCCCCCCCCCC(=O)OC(COC(=O)CCCCCCCCCCCCCC)COC1OC(COC2OC(CO)C(O)C(O)C2O)C(O)C(O)C1O. The van der Waals surface area contributed by atoms with Gasteiger partial charge in [0.15, 0.2) is 18.7 Å². The van der Waals surface area contributed by atoms with E-state index in [-0.39, 0.29) is 26.1 Å². The van der Waals surface area contributed by atoms with Gasteiger partial charge in [0, 0.05) is 12.8 Å². The van der Waals surface area contributed by atoms with Crippen LogP contribution >= 0.6 is 0 Å². The molecule has 11 unspecified atom stereocenters. The summed E-state index contributed by atoms with van der Waals surface area (Å²) in [4.78, 5) is 25.8. The molecule has 2 aliphatic rings. The summed E-state index contributed by atoms with van der Waals surface area (Å²) in [5, 5.41) is 72.1. The summed E-state index contributed by atoms with van der Waals surface area (Å²) in [5.41, 5.74) is 0. The third-order valence-electron chi connectivity index (χ3n) is 13.2. The summed E-state index contributed by atoms with van der Waals surface area (Å²) in [6, 6.07) is 0. The van der Waals surface area contributed by atoms with Crippen molar-refractivity contribution in [3.8, 4) is 0 Å². The van der Waals surface area contributed by atoms with Crippen LogP contribution in [0.3, 0.4) is 0 Å². The van der Waals surface area contributed by atoms with Gasteiger partial charge in [-0.25, -0.2) is 0 Å². The Morgan fingerprint density at radius 1 is 0.464 bits per heavy atom. The van der Waals surface area contributed by atoms with Gasteiger partial charge in [-0.15, -0.1) is 0 Å². The number of esters is 2. The Bertz CT molecular complexity index is 1300. The maximum Gasteiger partial charge on any atom is 0.306 e. The topological polar surface area (TPSA) is 231 Å². The van der Waals surface area contributed by atoms with Crippen LogP contribution in [0, 0.1) is 0 Å². The van der Waals surface area contributed by atoms with Crippen LogP contribution in [-0.4, -0.2) is 142 Å². The number of carbonyl (C=O) groups is 2. The van der Waals surface area contributed by atoms with Crippen molar-refractivity contribution in [3.63, 3.8) is 0 Å². The van der Waals surface area contributed by atoms with Gasteiger partial charge in [-0.1, -0.05) is 179 Å². The Balaban J connectivity index is 1.76. The van der Waals surface area contributed by atoms with Gasteiger partial charge in [0.05, 0.1) is 19.8 Å². The number of carbonyl (C=O) groups excluding carboxylic acids is 2. The molecule has 0 aliphatic carbocycles. The molecule has 15 nitrogen and oxygen atoms in total. The predicted molar refractivity (Wildman–Crippen MR) is 266 cm³/mol. The second-order valence-corrected chi connectivity index (χ2v) is 19.4. The lowest BCUT2D eigenvalue weighted by atomic mass is 9.98. The first-order valence-corrected chi connectivity index (χ1v) is 27.4. The zero-order chi connectivity index (χ0) is 50.3. The van der Waals surface area contributed by atoms with Crippen molar-refractivity contribution < 1.29 is 73.8 Å². The molecule has 404 valence electrons. The lowest BCUT2D eigenvalue weighted by Gasteiger charge is -2.42. The summed E-state index contributed by atoms with van der Waals surface area (Å²) >= 11 is 0. The molecule has 0 aromatic rings. The Hall–Kier alpha value is -2.02. The molecule has 0 saturated carbocycles. The van der Waals surface area contributed by atoms with Crippen molar-refractivity contribution in [1.29, 1.82) is 0 Å². The lowest BCUT2D eigenvalue weighted by Crippen LogP contribution is -2.61. The third kappa shape index (κ3) is 29.3. The quantitative estimate of drug-likeness (QED) is 0.0173. The molecule has 15 heteroatoms. The van der Waals surface area contributed by atoms with E-state index in [0.717, 1.165) is 57.8 Å². The van der Waals surface area contributed by atoms with Crippen molar-refractivity contribution in [2.75, 3.05) is 26.4 Å². The monoisotopic (exact) mass is 987 g/mol. The molecule has 2 saturated heterocycles. The van der Waals surface area contributed by atoms with E-state index in [1.54, 1.807) is 0 Å². The number of hydrogen-bond donors (Lipinski definition) is 7. The third-order valence-corrected chi connectivity index (χ3v) is 13.2. The number of rotatable bonds is 43. The van der Waals surface area contributed by atoms with Gasteiger partial charge in [0.2, 0.25) is 0 Å². The molecule has 0 radical (unpaired) electrons. The maximum atomic E-state index is 13.0. The highest BCUT2D eigenvalue weighted by Crippen LogP contribution is 2.27. The van der Waals surface area contributed by atoms with Crippen molar-refractivity contribution in [3.05, 3.63) is 24.3 Å². The van der Waals surface area contributed by atoms with Crippen molar-refractivity contribution in [1.82, 2.24) is 0 Å². The largest absolute Gasteiger partial charge is 0.462 e. The summed E-state index contributed by atoms with van der Waals surface area (Å²) in [5.74, 6) is -0.922. The van der Waals surface area contributed by atoms with Crippen LogP contribution in [-0.2, 0) is 38.0 Å². The minimum Gasteiger partial charge on any atom is -0.462 e. The number of unbranched alkanes of at least 4 members (excludes halogenated alkanes) is 25. The fourth-order valence-corrected chi connectivity index (χ4v) is 8.66. The van der Waals surface area contributed by atoms with E-state index in [0.29, 0.717) is 12.8 Å². The van der Waals surface area contributed by atoms with E-state index >= 15 is 0 Å². The summed E-state index contributed by atoms with van der Waals surface area (Å²) in [7, 11) is 0. The van der Waals surface area contributed by atoms with E-state index < -0.39 is 92.7 Å². The van der Waals surface area contributed by atoms with Crippen LogP contribution in [0.15, 0.2) is 24.3 Å². The van der Waals surface area contributed by atoms with Crippen LogP contribution in [0.1, 0.15) is 213 Å². The average Bonchev–Trinajstić information content (AvgIpc) is 3.34. The smallest absolute Gasteiger partial charge is 0.306 e. The van der Waals surface area contributed by atoms with Gasteiger partial charge in [0.1, 0.15) is 55.4 Å². The Morgan fingerprint density at radius 3 is 1.35 bits per heavy atom. The van der Waals surface area contributed by atoms with Crippen molar-refractivity contribution in [2.45, 2.75) is 280 Å². The molecule has 0 bridgehead atoms. The highest BCUT2D eigenvalue weighted by atomic mass is 16.7. The van der Waals surface area contributed by atoms with Crippen molar-refractivity contribution in [2.24, 2.45) is 0 Å². The molecular formula is C54H98O15. The Kier molecular flexibility index (Phi) is 37.9. The normalized spacial score (nSPS) is 25.7. The van der Waals surface area contributed by atoms with Gasteiger partial charge in [-0.2, -0.15) is 0 Å². The minimum absolute atomic E-state index is 0.163. The summed E-state index contributed by atoms with van der Waals surface area (Å²) < 4.78 is 33.6. The number of ether oxygens (including phenoxy) is 6. The van der Waals surface area contributed by atoms with Gasteiger partial charge in [0.25, 0.3) is 0 Å². The molecule has 2 fully saturated rings. The molecule has 0 aromatic heterocycles. The van der Waals surface area contributed by atoms with Crippen LogP contribution in [0.5, 0.6) is 0 Å². The molecule has 69 heavy (non-hydrogen) atoms. The molecule has 2 heterocycles. The van der Waals surface area contributed by atoms with E-state index in [4.69, 9.17) is 28.4 Å². The van der Waals surface area contributed by atoms with Crippen LogP contribution in [0.4, 0.5) is 0 Å². The van der Waals surface area contributed by atoms with Gasteiger partial charge in [-0.05, 0) is 44.9 Å². The van der Waals surface area contributed by atoms with Crippen LogP contribution in [0.2, 0.25) is 0 Å². The molecule has 0 amide bonds. The molecule has 2 aliphatic heterocycles. The van der Waals surface area contributed by atoms with Crippen molar-refractivity contribution >= 4 is 11.9 Å². The molecule has 7 N–H and O–H groups in total. The molecule has 11 atom stereocenters. The summed E-state index contributed by atoms with van der Waals surface area (Å²) in [6.45, 7) is 2.59. The minimum atomic E-state index is -1.76. The zero-order valence-electron chi connectivity index (χ0n) is 42.8. The highest BCUT2D eigenvalue weighted by Gasteiger charge is 2.47. The Labute approximate surface area is 415 Å². The first kappa shape index (κ1) is 63.1. The maximum absolute atomic E-state index is 13.0. The average molecular weight is 987 g/mol. The Morgan fingerprint density at radius 2 is 0.870 bits per heavy atom. The molecule has 2 rings (SSSR count). The second kappa shape index (κ2) is 41.5. The predicted octanol–water partition coefficient (Wildman–Crippen LogP) is 8.33. The number of hydrogen-bond acceptors (Lipinski definition) is 15. The molecular weight excluding hydrogens is 889 g/mol. The highest BCUT2D eigenvalue weighted by molar-refractivity contribution is 5.70. The second-order valence-electron chi connectivity index (χ2n) is 19.4. The zero-order valence-corrected chi connectivity index (χ0v) is 42.8. The first-order valence-electron chi connectivity index (χ1n) is 27.4. The molecule has 0 spiro atoms. The first-order chi connectivity index (χ1) is 33.5. The fourth-order valence-electron chi connectivity index (χ4n) is 8.66. The van der Waals surface area contributed by atoms with Crippen LogP contribution < -0.4 is 0 Å². The van der Waals surface area contributed by atoms with E-state index in [1.165, 1.54) is 116 Å². The lowest BCUT2D eigenvalue weighted by molar-refractivity contribution is -0.332.